The van der Waals surface area contributed by atoms with Crippen molar-refractivity contribution in [2.24, 2.45) is 0 Å². The van der Waals surface area contributed by atoms with Crippen molar-refractivity contribution in [3.05, 3.63) is 91.0 Å². The van der Waals surface area contributed by atoms with Gasteiger partial charge in [-0.15, -0.1) is 0 Å². The molecule has 7 heteroatoms. The standard InChI is InChI=1S/C18H15S.C9H14F2O4/c1-4-10-16(11-5-1)19(17-12-6-2-7-13-17)18-14-8-3-9-15-18;1-8(2)14-5-6(15-8)4-13-7(12)9(3,10)11/h1-15H;6H,4-5H2,1-3H3/q+1;. The van der Waals surface area contributed by atoms with E-state index in [2.05, 4.69) is 95.7 Å². The summed E-state index contributed by atoms with van der Waals surface area (Å²) in [7, 11) is -0.0146. The predicted molar refractivity (Wildman–Crippen MR) is 128 cm³/mol. The Kier molecular flexibility index (Phi) is 8.83. The van der Waals surface area contributed by atoms with Crippen molar-refractivity contribution in [2.45, 2.75) is 53.3 Å². The first-order chi connectivity index (χ1) is 16.2. The van der Waals surface area contributed by atoms with Gasteiger partial charge >= 0.3 is 11.9 Å². The highest BCUT2D eigenvalue weighted by atomic mass is 32.2. The second-order valence-electron chi connectivity index (χ2n) is 8.18. The van der Waals surface area contributed by atoms with Crippen molar-refractivity contribution in [1.82, 2.24) is 0 Å². The average molecular weight is 488 g/mol. The molecule has 4 rings (SSSR count). The van der Waals surface area contributed by atoms with Gasteiger partial charge in [-0.25, -0.2) is 4.79 Å². The summed E-state index contributed by atoms with van der Waals surface area (Å²) in [6, 6.07) is 32.2. The molecule has 1 atom stereocenters. The van der Waals surface area contributed by atoms with E-state index in [1.165, 1.54) is 14.7 Å². The van der Waals surface area contributed by atoms with Gasteiger partial charge in [0.2, 0.25) is 0 Å². The molecule has 1 fully saturated rings. The monoisotopic (exact) mass is 487 g/mol. The summed E-state index contributed by atoms with van der Waals surface area (Å²) < 4.78 is 39.6. The highest BCUT2D eigenvalue weighted by molar-refractivity contribution is 7.97. The fourth-order valence-electron chi connectivity index (χ4n) is 3.22. The summed E-state index contributed by atoms with van der Waals surface area (Å²) >= 11 is 0. The number of esters is 1. The van der Waals surface area contributed by atoms with Crippen LogP contribution in [0.2, 0.25) is 0 Å². The number of hydrogen-bond acceptors (Lipinski definition) is 4. The van der Waals surface area contributed by atoms with Crippen LogP contribution >= 0.6 is 0 Å². The molecule has 1 unspecified atom stereocenters. The summed E-state index contributed by atoms with van der Waals surface area (Å²) in [5, 5.41) is 0. The molecular weight excluding hydrogens is 458 g/mol. The van der Waals surface area contributed by atoms with Crippen molar-refractivity contribution < 1.29 is 27.8 Å². The highest BCUT2D eigenvalue weighted by Gasteiger charge is 2.37. The molecule has 1 saturated heterocycles. The lowest BCUT2D eigenvalue weighted by Gasteiger charge is -2.17. The third kappa shape index (κ3) is 7.65. The Morgan fingerprint density at radius 2 is 1.32 bits per heavy atom. The normalized spacial score (nSPS) is 17.1. The van der Waals surface area contributed by atoms with Crippen LogP contribution in [0.3, 0.4) is 0 Å². The largest absolute Gasteiger partial charge is 0.458 e. The molecule has 1 heterocycles. The van der Waals surface area contributed by atoms with Crippen molar-refractivity contribution in [1.29, 1.82) is 0 Å². The van der Waals surface area contributed by atoms with Crippen LogP contribution < -0.4 is 0 Å². The maximum Gasteiger partial charge on any atom is 0.376 e. The van der Waals surface area contributed by atoms with Gasteiger partial charge in [-0.05, 0) is 50.2 Å². The van der Waals surface area contributed by atoms with E-state index >= 15 is 0 Å². The van der Waals surface area contributed by atoms with Gasteiger partial charge in [-0.3, -0.25) is 0 Å². The van der Waals surface area contributed by atoms with Gasteiger partial charge < -0.3 is 14.2 Å². The number of hydrogen-bond donors (Lipinski definition) is 0. The van der Waals surface area contributed by atoms with E-state index in [9.17, 15) is 13.6 Å². The molecular formula is C27H29F2O4S+. The summed E-state index contributed by atoms with van der Waals surface area (Å²) in [5.41, 5.74) is 0. The smallest absolute Gasteiger partial charge is 0.376 e. The van der Waals surface area contributed by atoms with Crippen LogP contribution in [0.5, 0.6) is 0 Å². The van der Waals surface area contributed by atoms with E-state index < -0.39 is 23.8 Å². The quantitative estimate of drug-likeness (QED) is 0.311. The molecule has 0 aromatic heterocycles. The summed E-state index contributed by atoms with van der Waals surface area (Å²) in [5.74, 6) is -5.75. The van der Waals surface area contributed by atoms with Crippen LogP contribution in [-0.2, 0) is 29.9 Å². The molecule has 0 amide bonds. The molecule has 1 aliphatic rings. The van der Waals surface area contributed by atoms with Crippen LogP contribution in [0.15, 0.2) is 106 Å². The predicted octanol–water partition coefficient (Wildman–Crippen LogP) is 6.12. The Morgan fingerprint density at radius 1 is 0.912 bits per heavy atom. The second-order valence-corrected chi connectivity index (χ2v) is 10.2. The third-order valence-electron chi connectivity index (χ3n) is 4.76. The van der Waals surface area contributed by atoms with E-state index in [1.807, 2.05) is 0 Å². The van der Waals surface area contributed by atoms with Gasteiger partial charge in [-0.2, -0.15) is 8.78 Å². The zero-order valence-electron chi connectivity index (χ0n) is 19.4. The Bertz CT molecular complexity index is 931. The molecule has 3 aromatic carbocycles. The maximum atomic E-state index is 12.4. The van der Waals surface area contributed by atoms with Crippen LogP contribution in [0.1, 0.15) is 20.8 Å². The molecule has 0 bridgehead atoms. The molecule has 0 radical (unpaired) electrons. The van der Waals surface area contributed by atoms with Gasteiger partial charge in [0.25, 0.3) is 0 Å². The van der Waals surface area contributed by atoms with E-state index in [-0.39, 0.29) is 24.1 Å². The minimum absolute atomic E-state index is 0.0146. The number of halogens is 2. The lowest BCUT2D eigenvalue weighted by atomic mass is 10.4. The number of carbonyl (C=O) groups is 1. The molecule has 180 valence electrons. The van der Waals surface area contributed by atoms with Crippen LogP contribution in [0, 0.1) is 0 Å². The molecule has 0 aliphatic carbocycles. The Morgan fingerprint density at radius 3 is 1.65 bits per heavy atom. The fourth-order valence-corrected chi connectivity index (χ4v) is 5.32. The number of benzene rings is 3. The van der Waals surface area contributed by atoms with E-state index in [4.69, 9.17) is 9.47 Å². The number of rotatable bonds is 6. The van der Waals surface area contributed by atoms with E-state index in [0.717, 1.165) is 0 Å². The van der Waals surface area contributed by atoms with Gasteiger partial charge in [0.1, 0.15) is 12.7 Å². The van der Waals surface area contributed by atoms with Gasteiger partial charge in [0, 0.05) is 6.92 Å². The third-order valence-corrected chi connectivity index (χ3v) is 6.99. The molecule has 3 aromatic rings. The van der Waals surface area contributed by atoms with Crippen LogP contribution in [0.4, 0.5) is 8.78 Å². The first-order valence-corrected chi connectivity index (χ1v) is 12.1. The lowest BCUT2D eigenvalue weighted by molar-refractivity contribution is -0.177. The Balaban J connectivity index is 0.000000197. The lowest BCUT2D eigenvalue weighted by Crippen LogP contribution is -2.31. The molecule has 4 nitrogen and oxygen atoms in total. The van der Waals surface area contributed by atoms with Gasteiger partial charge in [0.15, 0.2) is 20.5 Å². The van der Waals surface area contributed by atoms with Gasteiger partial charge in [0.05, 0.1) is 17.5 Å². The van der Waals surface area contributed by atoms with Crippen molar-refractivity contribution in [3.8, 4) is 0 Å². The molecule has 0 saturated carbocycles. The Labute approximate surface area is 202 Å². The molecule has 34 heavy (non-hydrogen) atoms. The number of ether oxygens (including phenoxy) is 3. The zero-order valence-corrected chi connectivity index (χ0v) is 20.3. The molecule has 0 N–H and O–H groups in total. The first-order valence-electron chi connectivity index (χ1n) is 10.9. The highest BCUT2D eigenvalue weighted by Crippen LogP contribution is 2.30. The zero-order chi connectivity index (χ0) is 24.6. The van der Waals surface area contributed by atoms with E-state index in [0.29, 0.717) is 6.92 Å². The van der Waals surface area contributed by atoms with Gasteiger partial charge in [-0.1, -0.05) is 54.6 Å². The fraction of sp³-hybridized carbons (Fsp3) is 0.296. The summed E-state index contributed by atoms with van der Waals surface area (Å²) in [6.45, 7) is 3.90. The minimum Gasteiger partial charge on any atom is -0.458 e. The van der Waals surface area contributed by atoms with Crippen molar-refractivity contribution >= 4 is 16.9 Å². The SMILES string of the molecule is CC1(C)OCC(COC(=O)C(C)(F)F)O1.c1ccc([S+](c2ccccc2)c2ccccc2)cc1. The molecule has 1 aliphatic heterocycles. The van der Waals surface area contributed by atoms with Crippen LogP contribution in [0.25, 0.3) is 0 Å². The molecule has 0 spiro atoms. The summed E-state index contributed by atoms with van der Waals surface area (Å²) in [6.07, 6.45) is -0.480. The number of alkyl halides is 2. The topological polar surface area (TPSA) is 44.8 Å². The van der Waals surface area contributed by atoms with Crippen molar-refractivity contribution in [2.75, 3.05) is 13.2 Å². The second kappa shape index (κ2) is 11.6. The van der Waals surface area contributed by atoms with Crippen LogP contribution in [-0.4, -0.2) is 37.0 Å². The first kappa shape index (κ1) is 25.9. The number of carbonyl (C=O) groups excluding carboxylic acids is 1. The van der Waals surface area contributed by atoms with E-state index in [1.54, 1.807) is 13.8 Å². The maximum absolute atomic E-state index is 12.4. The summed E-state index contributed by atoms with van der Waals surface area (Å²) in [4.78, 5) is 14.8. The average Bonchev–Trinajstić information content (AvgIpc) is 3.18. The van der Waals surface area contributed by atoms with Crippen molar-refractivity contribution in [3.63, 3.8) is 0 Å². The minimum atomic E-state index is -3.46. The Hall–Kier alpha value is -2.74.